The molecule has 30 heavy (non-hydrogen) atoms. The summed E-state index contributed by atoms with van der Waals surface area (Å²) in [4.78, 5) is 28.6. The second-order valence-corrected chi connectivity index (χ2v) is 8.37. The Hall–Kier alpha value is -3.42. The van der Waals surface area contributed by atoms with Crippen LogP contribution >= 0.6 is 0 Å². The van der Waals surface area contributed by atoms with E-state index in [-0.39, 0.29) is 18.4 Å². The number of aromatic nitrogens is 3. The van der Waals surface area contributed by atoms with Crippen molar-refractivity contribution in [3.8, 4) is 0 Å². The second-order valence-electron chi connectivity index (χ2n) is 8.37. The van der Waals surface area contributed by atoms with Crippen molar-refractivity contribution >= 4 is 34.4 Å². The van der Waals surface area contributed by atoms with Crippen molar-refractivity contribution in [1.29, 1.82) is 0 Å². The minimum absolute atomic E-state index is 0.153. The van der Waals surface area contributed by atoms with Gasteiger partial charge in [-0.15, -0.1) is 0 Å². The summed E-state index contributed by atoms with van der Waals surface area (Å²) < 4.78 is 7.06. The van der Waals surface area contributed by atoms with Crippen LogP contribution in [0.4, 0.5) is 16.2 Å². The number of ether oxygens (including phenoxy) is 1. The van der Waals surface area contributed by atoms with E-state index in [1.807, 2.05) is 24.6 Å². The number of carbonyl (C=O) groups excluding carboxylic acids is 2. The third-order valence-corrected chi connectivity index (χ3v) is 4.17. The van der Waals surface area contributed by atoms with E-state index >= 15 is 0 Å². The zero-order chi connectivity index (χ0) is 21.9. The van der Waals surface area contributed by atoms with Gasteiger partial charge in [0, 0.05) is 17.1 Å². The SMILES string of the molecule is CC(C)n1ncc2cc(NC(=O)Cc3ccc(NC(=O)OC(C)(C)C)cc3)cnc21. The van der Waals surface area contributed by atoms with Crippen molar-refractivity contribution in [3.63, 3.8) is 0 Å². The summed E-state index contributed by atoms with van der Waals surface area (Å²) in [6.45, 7) is 9.49. The van der Waals surface area contributed by atoms with Gasteiger partial charge >= 0.3 is 6.09 Å². The van der Waals surface area contributed by atoms with Crippen molar-refractivity contribution < 1.29 is 14.3 Å². The predicted molar refractivity (Wildman–Crippen MR) is 117 cm³/mol. The number of carbonyl (C=O) groups is 2. The molecule has 8 nitrogen and oxygen atoms in total. The van der Waals surface area contributed by atoms with Crippen molar-refractivity contribution in [1.82, 2.24) is 14.8 Å². The highest BCUT2D eigenvalue weighted by molar-refractivity contribution is 5.94. The minimum atomic E-state index is -0.562. The predicted octanol–water partition coefficient (Wildman–Crippen LogP) is 4.54. The average Bonchev–Trinajstić information content (AvgIpc) is 3.05. The first kappa shape index (κ1) is 21.3. The number of rotatable bonds is 5. The fourth-order valence-corrected chi connectivity index (χ4v) is 2.90. The van der Waals surface area contributed by atoms with Crippen molar-refractivity contribution in [2.24, 2.45) is 0 Å². The monoisotopic (exact) mass is 409 g/mol. The van der Waals surface area contributed by atoms with Crippen molar-refractivity contribution in [3.05, 3.63) is 48.3 Å². The molecule has 0 atom stereocenters. The fraction of sp³-hybridized carbons (Fsp3) is 0.364. The summed E-state index contributed by atoms with van der Waals surface area (Å²) in [6, 6.07) is 9.13. The van der Waals surface area contributed by atoms with E-state index in [9.17, 15) is 9.59 Å². The number of nitrogens with zero attached hydrogens (tertiary/aromatic N) is 3. The Morgan fingerprint density at radius 1 is 1.07 bits per heavy atom. The standard InChI is InChI=1S/C22H27N5O3/c1-14(2)27-20-16(12-24-27)11-18(13-23-20)25-19(28)10-15-6-8-17(9-7-15)26-21(29)30-22(3,4)5/h6-9,11-14H,10H2,1-5H3,(H,25,28)(H,26,29). The molecule has 0 aliphatic carbocycles. The Balaban J connectivity index is 1.58. The molecule has 0 radical (unpaired) electrons. The molecule has 0 aliphatic heterocycles. The lowest BCUT2D eigenvalue weighted by atomic mass is 10.1. The molecule has 3 aromatic rings. The zero-order valence-electron chi connectivity index (χ0n) is 17.9. The van der Waals surface area contributed by atoms with E-state index in [0.29, 0.717) is 11.4 Å². The molecule has 3 rings (SSSR count). The maximum absolute atomic E-state index is 12.4. The molecule has 2 heterocycles. The van der Waals surface area contributed by atoms with Crippen LogP contribution in [0.25, 0.3) is 11.0 Å². The molecule has 2 amide bonds. The highest BCUT2D eigenvalue weighted by atomic mass is 16.6. The van der Waals surface area contributed by atoms with E-state index in [4.69, 9.17) is 4.74 Å². The van der Waals surface area contributed by atoms with Gasteiger partial charge in [0.2, 0.25) is 5.91 Å². The van der Waals surface area contributed by atoms with E-state index < -0.39 is 11.7 Å². The Bertz CT molecular complexity index is 1050. The quantitative estimate of drug-likeness (QED) is 0.645. The molecule has 0 unspecified atom stereocenters. The lowest BCUT2D eigenvalue weighted by Gasteiger charge is -2.19. The first-order valence-corrected chi connectivity index (χ1v) is 9.83. The summed E-state index contributed by atoms with van der Waals surface area (Å²) >= 11 is 0. The molecule has 8 heteroatoms. The molecule has 0 saturated carbocycles. The van der Waals surface area contributed by atoms with Crippen molar-refractivity contribution in [2.45, 2.75) is 52.7 Å². The molecule has 0 spiro atoms. The number of hydrogen-bond acceptors (Lipinski definition) is 5. The Morgan fingerprint density at radius 3 is 2.40 bits per heavy atom. The van der Waals surface area contributed by atoms with Crippen LogP contribution in [-0.4, -0.2) is 32.4 Å². The van der Waals surface area contributed by atoms with Crippen LogP contribution in [0.3, 0.4) is 0 Å². The Kier molecular flexibility index (Phi) is 6.05. The molecule has 0 bridgehead atoms. The lowest BCUT2D eigenvalue weighted by Crippen LogP contribution is -2.27. The maximum atomic E-state index is 12.4. The summed E-state index contributed by atoms with van der Waals surface area (Å²) in [7, 11) is 0. The number of pyridine rings is 1. The van der Waals surface area contributed by atoms with Crippen LogP contribution in [0.2, 0.25) is 0 Å². The van der Waals surface area contributed by atoms with E-state index in [1.165, 1.54) is 0 Å². The van der Waals surface area contributed by atoms with Crippen LogP contribution < -0.4 is 10.6 Å². The summed E-state index contributed by atoms with van der Waals surface area (Å²) in [6.07, 6.45) is 3.07. The van der Waals surface area contributed by atoms with E-state index in [2.05, 4.69) is 20.7 Å². The van der Waals surface area contributed by atoms with Gasteiger partial charge in [-0.3, -0.25) is 10.1 Å². The van der Waals surface area contributed by atoms with Gasteiger partial charge in [0.05, 0.1) is 24.5 Å². The largest absolute Gasteiger partial charge is 0.444 e. The highest BCUT2D eigenvalue weighted by Gasteiger charge is 2.16. The Morgan fingerprint density at radius 2 is 1.77 bits per heavy atom. The topological polar surface area (TPSA) is 98.1 Å². The maximum Gasteiger partial charge on any atom is 0.412 e. The number of hydrogen-bond donors (Lipinski definition) is 2. The molecular formula is C22H27N5O3. The summed E-state index contributed by atoms with van der Waals surface area (Å²) in [5.41, 5.74) is 2.28. The van der Waals surface area contributed by atoms with Gasteiger partial charge in [-0.25, -0.2) is 14.5 Å². The number of fused-ring (bicyclic) bond motifs is 1. The molecule has 158 valence electrons. The van der Waals surface area contributed by atoms with Gasteiger partial charge in [0.25, 0.3) is 0 Å². The van der Waals surface area contributed by atoms with Crippen LogP contribution in [0.5, 0.6) is 0 Å². The van der Waals surface area contributed by atoms with Gasteiger partial charge in [-0.05, 0) is 58.4 Å². The first-order chi connectivity index (χ1) is 14.1. The molecule has 0 saturated heterocycles. The van der Waals surface area contributed by atoms with Crippen LogP contribution in [0.15, 0.2) is 42.7 Å². The Labute approximate surface area is 175 Å². The number of nitrogens with one attached hydrogen (secondary N) is 2. The third kappa shape index (κ3) is 5.56. The lowest BCUT2D eigenvalue weighted by molar-refractivity contribution is -0.115. The minimum Gasteiger partial charge on any atom is -0.444 e. The van der Waals surface area contributed by atoms with Gasteiger partial charge < -0.3 is 10.1 Å². The third-order valence-electron chi connectivity index (χ3n) is 4.17. The van der Waals surface area contributed by atoms with Gasteiger partial charge in [0.1, 0.15) is 5.60 Å². The molecule has 0 fully saturated rings. The molecule has 1 aromatic carbocycles. The molecular weight excluding hydrogens is 382 g/mol. The van der Waals surface area contributed by atoms with Crippen LogP contribution in [-0.2, 0) is 16.0 Å². The average molecular weight is 409 g/mol. The summed E-state index contributed by atoms with van der Waals surface area (Å²) in [5.74, 6) is -0.153. The molecule has 2 aromatic heterocycles. The fourth-order valence-electron chi connectivity index (χ4n) is 2.90. The molecule has 0 aliphatic rings. The first-order valence-electron chi connectivity index (χ1n) is 9.83. The number of amides is 2. The molecule has 2 N–H and O–H groups in total. The van der Waals surface area contributed by atoms with Crippen molar-refractivity contribution in [2.75, 3.05) is 10.6 Å². The smallest absolute Gasteiger partial charge is 0.412 e. The van der Waals surface area contributed by atoms with Gasteiger partial charge in [0.15, 0.2) is 5.65 Å². The number of anilines is 2. The second kappa shape index (κ2) is 8.52. The number of benzene rings is 1. The van der Waals surface area contributed by atoms with Crippen LogP contribution in [0, 0.1) is 0 Å². The van der Waals surface area contributed by atoms with E-state index in [0.717, 1.165) is 16.6 Å². The van der Waals surface area contributed by atoms with E-state index in [1.54, 1.807) is 57.4 Å². The van der Waals surface area contributed by atoms with Crippen LogP contribution in [0.1, 0.15) is 46.2 Å². The zero-order valence-corrected chi connectivity index (χ0v) is 17.9. The van der Waals surface area contributed by atoms with Gasteiger partial charge in [-0.2, -0.15) is 5.10 Å². The summed E-state index contributed by atoms with van der Waals surface area (Å²) in [5, 5.41) is 10.7. The van der Waals surface area contributed by atoms with Gasteiger partial charge in [-0.1, -0.05) is 12.1 Å². The highest BCUT2D eigenvalue weighted by Crippen LogP contribution is 2.19. The normalized spacial score (nSPS) is 11.5.